The summed E-state index contributed by atoms with van der Waals surface area (Å²) in [6, 6.07) is 6.54. The third-order valence-corrected chi connectivity index (χ3v) is 3.01. The summed E-state index contributed by atoms with van der Waals surface area (Å²) in [5.41, 5.74) is 0.753. The number of hydrogen-bond acceptors (Lipinski definition) is 3. The van der Waals surface area contributed by atoms with Crippen molar-refractivity contribution >= 4 is 22.5 Å². The van der Waals surface area contributed by atoms with Crippen molar-refractivity contribution in [1.29, 1.82) is 0 Å². The van der Waals surface area contributed by atoms with E-state index in [1.807, 2.05) is 13.8 Å². The fraction of sp³-hybridized carbons (Fsp3) is 0.357. The van der Waals surface area contributed by atoms with Gasteiger partial charge in [-0.05, 0) is 18.1 Å². The van der Waals surface area contributed by atoms with Crippen molar-refractivity contribution in [3.05, 3.63) is 40.6 Å². The van der Waals surface area contributed by atoms with Gasteiger partial charge in [-0.15, -0.1) is 0 Å². The minimum absolute atomic E-state index is 0.0591. The minimum Gasteiger partial charge on any atom is -0.354 e. The van der Waals surface area contributed by atoms with Crippen LogP contribution in [0, 0.1) is 16.0 Å². The molecule has 0 saturated carbocycles. The Balaban J connectivity index is 2.22. The summed E-state index contributed by atoms with van der Waals surface area (Å²) in [5.74, 6) is 0.296. The zero-order valence-electron chi connectivity index (χ0n) is 11.5. The summed E-state index contributed by atoms with van der Waals surface area (Å²) in [4.78, 5) is 22.3. The molecule has 0 unspecified atom stereocenters. The number of carbonyl (C=O) groups is 1. The lowest BCUT2D eigenvalue weighted by Gasteiger charge is -2.09. The molecule has 0 aliphatic rings. The van der Waals surface area contributed by atoms with Gasteiger partial charge in [0.2, 0.25) is 5.91 Å². The molecule has 0 saturated heterocycles. The average Bonchev–Trinajstić information content (AvgIpc) is 2.79. The van der Waals surface area contributed by atoms with Crippen LogP contribution < -0.4 is 5.32 Å². The molecule has 1 amide bonds. The predicted molar refractivity (Wildman–Crippen MR) is 76.4 cm³/mol. The van der Waals surface area contributed by atoms with Gasteiger partial charge >= 0.3 is 0 Å². The molecule has 6 heteroatoms. The van der Waals surface area contributed by atoms with E-state index in [4.69, 9.17) is 0 Å². The first kappa shape index (κ1) is 14.0. The summed E-state index contributed by atoms with van der Waals surface area (Å²) in [6.45, 7) is 4.83. The molecule has 1 aromatic carbocycles. The second-order valence-electron chi connectivity index (χ2n) is 5.11. The van der Waals surface area contributed by atoms with Gasteiger partial charge in [0.15, 0.2) is 0 Å². The van der Waals surface area contributed by atoms with Gasteiger partial charge in [0.05, 0.1) is 15.8 Å². The zero-order chi connectivity index (χ0) is 14.7. The Hall–Kier alpha value is -2.37. The molecule has 1 heterocycles. The zero-order valence-corrected chi connectivity index (χ0v) is 11.5. The van der Waals surface area contributed by atoms with E-state index < -0.39 is 4.92 Å². The molecule has 2 rings (SSSR count). The van der Waals surface area contributed by atoms with Crippen molar-refractivity contribution in [3.63, 3.8) is 0 Å². The van der Waals surface area contributed by atoms with Gasteiger partial charge < -0.3 is 9.88 Å². The van der Waals surface area contributed by atoms with Crippen molar-refractivity contribution in [2.75, 3.05) is 6.54 Å². The third-order valence-electron chi connectivity index (χ3n) is 3.01. The highest BCUT2D eigenvalue weighted by Crippen LogP contribution is 2.26. The minimum atomic E-state index is -0.411. The van der Waals surface area contributed by atoms with Crippen molar-refractivity contribution in [2.24, 2.45) is 5.92 Å². The maximum atomic E-state index is 11.8. The van der Waals surface area contributed by atoms with E-state index in [-0.39, 0.29) is 18.1 Å². The number of nitrogens with one attached hydrogen (secondary N) is 1. The highest BCUT2D eigenvalue weighted by Gasteiger charge is 2.14. The van der Waals surface area contributed by atoms with Crippen LogP contribution in [0.25, 0.3) is 10.9 Å². The van der Waals surface area contributed by atoms with E-state index >= 15 is 0 Å². The number of aromatic nitrogens is 1. The Kier molecular flexibility index (Phi) is 4.02. The molecular formula is C14H17N3O3. The molecular weight excluding hydrogens is 258 g/mol. The Labute approximate surface area is 116 Å². The Morgan fingerprint density at radius 2 is 2.15 bits per heavy atom. The largest absolute Gasteiger partial charge is 0.354 e. The maximum Gasteiger partial charge on any atom is 0.278 e. The highest BCUT2D eigenvalue weighted by atomic mass is 16.6. The fourth-order valence-electron chi connectivity index (χ4n) is 2.03. The molecule has 1 N–H and O–H groups in total. The number of non-ortho nitro benzene ring substituents is 1. The predicted octanol–water partition coefficient (Wildman–Crippen LogP) is 2.32. The number of fused-ring (bicyclic) bond motifs is 1. The molecule has 0 spiro atoms. The first-order valence-corrected chi connectivity index (χ1v) is 6.48. The monoisotopic (exact) mass is 275 g/mol. The van der Waals surface area contributed by atoms with Gasteiger partial charge in [-0.2, -0.15) is 0 Å². The van der Waals surface area contributed by atoms with Gasteiger partial charge in [0, 0.05) is 18.8 Å². The molecule has 106 valence electrons. The van der Waals surface area contributed by atoms with Crippen molar-refractivity contribution in [1.82, 2.24) is 9.88 Å². The average molecular weight is 275 g/mol. The quantitative estimate of drug-likeness (QED) is 0.672. The SMILES string of the molecule is CC(C)CNC(=O)Cn1ccc2c([N+](=O)[O-])cccc21. The van der Waals surface area contributed by atoms with Crippen LogP contribution in [0.2, 0.25) is 0 Å². The van der Waals surface area contributed by atoms with E-state index in [2.05, 4.69) is 5.32 Å². The van der Waals surface area contributed by atoms with Crippen LogP contribution in [0.1, 0.15) is 13.8 Å². The lowest BCUT2D eigenvalue weighted by Crippen LogP contribution is -2.30. The Morgan fingerprint density at radius 3 is 2.80 bits per heavy atom. The number of nitrogens with zero attached hydrogens (tertiary/aromatic N) is 2. The Bertz CT molecular complexity index is 646. The van der Waals surface area contributed by atoms with Crippen LogP contribution in [0.15, 0.2) is 30.5 Å². The molecule has 0 aliphatic carbocycles. The Morgan fingerprint density at radius 1 is 1.40 bits per heavy atom. The van der Waals surface area contributed by atoms with E-state index in [0.29, 0.717) is 23.4 Å². The molecule has 0 bridgehead atoms. The van der Waals surface area contributed by atoms with E-state index in [1.165, 1.54) is 6.07 Å². The smallest absolute Gasteiger partial charge is 0.278 e. The van der Waals surface area contributed by atoms with Crippen LogP contribution in [0.3, 0.4) is 0 Å². The summed E-state index contributed by atoms with van der Waals surface area (Å²) < 4.78 is 1.72. The summed E-state index contributed by atoms with van der Waals surface area (Å²) in [5, 5.41) is 14.3. The number of hydrogen-bond donors (Lipinski definition) is 1. The van der Waals surface area contributed by atoms with E-state index in [9.17, 15) is 14.9 Å². The fourth-order valence-corrected chi connectivity index (χ4v) is 2.03. The second-order valence-corrected chi connectivity index (χ2v) is 5.11. The van der Waals surface area contributed by atoms with Crippen molar-refractivity contribution in [3.8, 4) is 0 Å². The van der Waals surface area contributed by atoms with Gasteiger partial charge in [0.25, 0.3) is 5.69 Å². The molecule has 0 atom stereocenters. The molecule has 20 heavy (non-hydrogen) atoms. The number of benzene rings is 1. The highest BCUT2D eigenvalue weighted by molar-refractivity contribution is 5.90. The van der Waals surface area contributed by atoms with E-state index in [0.717, 1.165) is 0 Å². The first-order chi connectivity index (χ1) is 9.49. The standard InChI is InChI=1S/C14H17N3O3/c1-10(2)8-15-14(18)9-16-7-6-11-12(16)4-3-5-13(11)17(19)20/h3-7,10H,8-9H2,1-2H3,(H,15,18). The van der Waals surface area contributed by atoms with Crippen LogP contribution in [-0.2, 0) is 11.3 Å². The molecule has 2 aromatic rings. The number of nitro groups is 1. The van der Waals surface area contributed by atoms with Crippen LogP contribution in [0.5, 0.6) is 0 Å². The van der Waals surface area contributed by atoms with Crippen molar-refractivity contribution < 1.29 is 9.72 Å². The number of carbonyl (C=O) groups excluding carboxylic acids is 1. The topological polar surface area (TPSA) is 77.2 Å². The first-order valence-electron chi connectivity index (χ1n) is 6.48. The van der Waals surface area contributed by atoms with E-state index in [1.54, 1.807) is 29.0 Å². The third kappa shape index (κ3) is 2.96. The van der Waals surface area contributed by atoms with Crippen LogP contribution in [-0.4, -0.2) is 21.9 Å². The number of rotatable bonds is 5. The number of nitro benzene ring substituents is 1. The van der Waals surface area contributed by atoms with Crippen LogP contribution in [0.4, 0.5) is 5.69 Å². The molecule has 0 aliphatic heterocycles. The summed E-state index contributed by atoms with van der Waals surface area (Å²) >= 11 is 0. The molecule has 1 aromatic heterocycles. The lowest BCUT2D eigenvalue weighted by molar-refractivity contribution is -0.383. The lowest BCUT2D eigenvalue weighted by atomic mass is 10.2. The van der Waals surface area contributed by atoms with Gasteiger partial charge in [-0.1, -0.05) is 19.9 Å². The molecule has 6 nitrogen and oxygen atoms in total. The molecule has 0 fully saturated rings. The normalized spacial score (nSPS) is 10.9. The summed E-state index contributed by atoms with van der Waals surface area (Å²) in [7, 11) is 0. The number of amides is 1. The molecule has 0 radical (unpaired) electrons. The van der Waals surface area contributed by atoms with Crippen molar-refractivity contribution in [2.45, 2.75) is 20.4 Å². The summed E-state index contributed by atoms with van der Waals surface area (Å²) in [6.07, 6.45) is 1.70. The van der Waals surface area contributed by atoms with Crippen LogP contribution >= 0.6 is 0 Å². The van der Waals surface area contributed by atoms with Gasteiger partial charge in [-0.3, -0.25) is 14.9 Å². The van der Waals surface area contributed by atoms with Gasteiger partial charge in [0.1, 0.15) is 6.54 Å². The van der Waals surface area contributed by atoms with Gasteiger partial charge in [-0.25, -0.2) is 0 Å². The maximum absolute atomic E-state index is 11.8. The second kappa shape index (κ2) is 5.73.